The molecule has 0 saturated heterocycles. The molecule has 0 aliphatic rings. The Hall–Kier alpha value is -1.60. The third-order valence-electron chi connectivity index (χ3n) is 3.52. The van der Waals surface area contributed by atoms with Crippen LogP contribution in [0.5, 0.6) is 0 Å². The SMILES string of the molecule is CCC(C)n1ccc(CN(CCOC)CCC(N)=NO)n1. The maximum absolute atomic E-state index is 8.61. The van der Waals surface area contributed by atoms with Crippen molar-refractivity contribution in [1.29, 1.82) is 0 Å². The average Bonchev–Trinajstić information content (AvgIpc) is 2.97. The number of aromatic nitrogens is 2. The lowest BCUT2D eigenvalue weighted by molar-refractivity contribution is 0.144. The molecule has 0 aliphatic heterocycles. The van der Waals surface area contributed by atoms with Crippen LogP contribution >= 0.6 is 0 Å². The van der Waals surface area contributed by atoms with Gasteiger partial charge in [0.1, 0.15) is 5.84 Å². The van der Waals surface area contributed by atoms with E-state index in [1.807, 2.05) is 16.9 Å². The van der Waals surface area contributed by atoms with Crippen LogP contribution < -0.4 is 5.73 Å². The van der Waals surface area contributed by atoms with Crippen LogP contribution in [0.3, 0.4) is 0 Å². The highest BCUT2D eigenvalue weighted by Crippen LogP contribution is 2.10. The summed E-state index contributed by atoms with van der Waals surface area (Å²) >= 11 is 0. The van der Waals surface area contributed by atoms with Gasteiger partial charge in [-0.15, -0.1) is 0 Å². The van der Waals surface area contributed by atoms with Gasteiger partial charge in [-0.05, 0) is 19.4 Å². The summed E-state index contributed by atoms with van der Waals surface area (Å²) in [7, 11) is 1.68. The Morgan fingerprint density at radius 3 is 2.95 bits per heavy atom. The summed E-state index contributed by atoms with van der Waals surface area (Å²) in [4.78, 5) is 2.19. The van der Waals surface area contributed by atoms with Crippen molar-refractivity contribution in [2.75, 3.05) is 26.8 Å². The molecule has 1 aromatic rings. The van der Waals surface area contributed by atoms with Crippen molar-refractivity contribution in [1.82, 2.24) is 14.7 Å². The van der Waals surface area contributed by atoms with E-state index in [0.29, 0.717) is 25.6 Å². The number of ether oxygens (including phenoxy) is 1. The standard InChI is InChI=1S/C14H27N5O2/c1-4-12(2)19-8-5-13(16-19)11-18(9-10-21-3)7-6-14(15)17-20/h5,8,12,20H,4,6-7,9-11H2,1-3H3,(H2,15,17). The molecular weight excluding hydrogens is 270 g/mol. The molecule has 1 aromatic heterocycles. The molecule has 7 heteroatoms. The lowest BCUT2D eigenvalue weighted by atomic mass is 10.3. The molecule has 21 heavy (non-hydrogen) atoms. The van der Waals surface area contributed by atoms with Crippen molar-refractivity contribution in [3.63, 3.8) is 0 Å². The van der Waals surface area contributed by atoms with Crippen LogP contribution in [0.1, 0.15) is 38.4 Å². The summed E-state index contributed by atoms with van der Waals surface area (Å²) in [6.07, 6.45) is 3.59. The molecule has 1 atom stereocenters. The molecule has 0 saturated carbocycles. The Labute approximate surface area is 126 Å². The van der Waals surface area contributed by atoms with Crippen LogP contribution in [-0.4, -0.2) is 52.5 Å². The van der Waals surface area contributed by atoms with Gasteiger partial charge in [0.15, 0.2) is 0 Å². The molecule has 0 aromatic carbocycles. The van der Waals surface area contributed by atoms with Crippen molar-refractivity contribution in [3.8, 4) is 0 Å². The van der Waals surface area contributed by atoms with Gasteiger partial charge in [-0.2, -0.15) is 5.10 Å². The molecule has 1 heterocycles. The number of nitrogens with two attached hydrogens (primary N) is 1. The van der Waals surface area contributed by atoms with Crippen molar-refractivity contribution in [2.24, 2.45) is 10.9 Å². The zero-order valence-corrected chi connectivity index (χ0v) is 13.2. The number of hydrogen-bond acceptors (Lipinski definition) is 5. The molecule has 1 rings (SSSR count). The molecule has 0 aliphatic carbocycles. The highest BCUT2D eigenvalue weighted by Gasteiger charge is 2.10. The van der Waals surface area contributed by atoms with Gasteiger partial charge < -0.3 is 15.7 Å². The van der Waals surface area contributed by atoms with Gasteiger partial charge in [0.25, 0.3) is 0 Å². The molecular formula is C14H27N5O2. The highest BCUT2D eigenvalue weighted by atomic mass is 16.5. The third-order valence-corrected chi connectivity index (χ3v) is 3.52. The Morgan fingerprint density at radius 1 is 1.57 bits per heavy atom. The lowest BCUT2D eigenvalue weighted by Gasteiger charge is -2.20. The molecule has 0 amide bonds. The fraction of sp³-hybridized carbons (Fsp3) is 0.714. The van der Waals surface area contributed by atoms with Crippen molar-refractivity contribution < 1.29 is 9.94 Å². The lowest BCUT2D eigenvalue weighted by Crippen LogP contribution is -2.31. The van der Waals surface area contributed by atoms with E-state index in [4.69, 9.17) is 15.7 Å². The Balaban J connectivity index is 2.60. The van der Waals surface area contributed by atoms with Crippen molar-refractivity contribution in [3.05, 3.63) is 18.0 Å². The van der Waals surface area contributed by atoms with E-state index < -0.39 is 0 Å². The summed E-state index contributed by atoms with van der Waals surface area (Å²) < 4.78 is 7.12. The van der Waals surface area contributed by atoms with Gasteiger partial charge in [0.2, 0.25) is 0 Å². The molecule has 7 nitrogen and oxygen atoms in total. The van der Waals surface area contributed by atoms with E-state index >= 15 is 0 Å². The molecule has 120 valence electrons. The zero-order chi connectivity index (χ0) is 15.7. The predicted octanol–water partition coefficient (Wildman–Crippen LogP) is 1.44. The summed E-state index contributed by atoms with van der Waals surface area (Å²) in [5.74, 6) is 0.238. The van der Waals surface area contributed by atoms with E-state index in [9.17, 15) is 0 Å². The first-order chi connectivity index (χ1) is 10.1. The van der Waals surface area contributed by atoms with Crippen LogP contribution in [0.2, 0.25) is 0 Å². The maximum Gasteiger partial charge on any atom is 0.140 e. The van der Waals surface area contributed by atoms with Crippen LogP contribution in [-0.2, 0) is 11.3 Å². The van der Waals surface area contributed by atoms with E-state index in [1.54, 1.807) is 7.11 Å². The van der Waals surface area contributed by atoms with E-state index in [-0.39, 0.29) is 5.84 Å². The van der Waals surface area contributed by atoms with Crippen LogP contribution in [0.15, 0.2) is 17.4 Å². The summed E-state index contributed by atoms with van der Waals surface area (Å²) in [5, 5.41) is 16.2. The number of methoxy groups -OCH3 is 1. The Bertz CT molecular complexity index is 433. The first kappa shape index (κ1) is 17.5. The highest BCUT2D eigenvalue weighted by molar-refractivity contribution is 5.79. The Kier molecular flexibility index (Phi) is 7.78. The molecule has 0 fully saturated rings. The molecule has 1 unspecified atom stereocenters. The smallest absolute Gasteiger partial charge is 0.140 e. The quantitative estimate of drug-likeness (QED) is 0.295. The third kappa shape index (κ3) is 6.14. The minimum absolute atomic E-state index is 0.238. The maximum atomic E-state index is 8.61. The average molecular weight is 297 g/mol. The van der Waals surface area contributed by atoms with Crippen molar-refractivity contribution in [2.45, 2.75) is 39.3 Å². The fourth-order valence-corrected chi connectivity index (χ4v) is 1.94. The largest absolute Gasteiger partial charge is 0.409 e. The predicted molar refractivity (Wildman–Crippen MR) is 82.4 cm³/mol. The second-order valence-corrected chi connectivity index (χ2v) is 5.15. The first-order valence-electron chi connectivity index (χ1n) is 7.32. The molecule has 0 spiro atoms. The second kappa shape index (κ2) is 9.36. The summed E-state index contributed by atoms with van der Waals surface area (Å²) in [5.41, 5.74) is 6.55. The summed E-state index contributed by atoms with van der Waals surface area (Å²) in [6.45, 7) is 7.15. The van der Waals surface area contributed by atoms with Gasteiger partial charge in [-0.3, -0.25) is 9.58 Å². The van der Waals surface area contributed by atoms with E-state index in [0.717, 1.165) is 25.2 Å². The van der Waals surface area contributed by atoms with Gasteiger partial charge >= 0.3 is 0 Å². The van der Waals surface area contributed by atoms with Gasteiger partial charge in [-0.1, -0.05) is 12.1 Å². The minimum atomic E-state index is 0.238. The monoisotopic (exact) mass is 297 g/mol. The zero-order valence-electron chi connectivity index (χ0n) is 13.2. The van der Waals surface area contributed by atoms with Crippen LogP contribution in [0, 0.1) is 0 Å². The second-order valence-electron chi connectivity index (χ2n) is 5.15. The van der Waals surface area contributed by atoms with Crippen molar-refractivity contribution >= 4 is 5.84 Å². The van der Waals surface area contributed by atoms with Crippen LogP contribution in [0.4, 0.5) is 0 Å². The Morgan fingerprint density at radius 2 is 2.33 bits per heavy atom. The van der Waals surface area contributed by atoms with Gasteiger partial charge in [0, 0.05) is 45.4 Å². The van der Waals surface area contributed by atoms with Gasteiger partial charge in [0.05, 0.1) is 12.3 Å². The van der Waals surface area contributed by atoms with Crippen LogP contribution in [0.25, 0.3) is 0 Å². The summed E-state index contributed by atoms with van der Waals surface area (Å²) in [6, 6.07) is 2.44. The number of amidine groups is 1. The number of oxime groups is 1. The topological polar surface area (TPSA) is 88.9 Å². The minimum Gasteiger partial charge on any atom is -0.409 e. The molecule has 0 bridgehead atoms. The van der Waals surface area contributed by atoms with E-state index in [2.05, 4.69) is 29.0 Å². The number of rotatable bonds is 10. The molecule has 0 radical (unpaired) electrons. The fourth-order valence-electron chi connectivity index (χ4n) is 1.94. The van der Waals surface area contributed by atoms with E-state index in [1.165, 1.54) is 0 Å². The van der Waals surface area contributed by atoms with Gasteiger partial charge in [-0.25, -0.2) is 0 Å². The number of hydrogen-bond donors (Lipinski definition) is 2. The normalized spacial score (nSPS) is 13.8. The first-order valence-corrected chi connectivity index (χ1v) is 7.32. The molecule has 3 N–H and O–H groups in total. The number of nitrogens with zero attached hydrogens (tertiary/aromatic N) is 4.